The Bertz CT molecular complexity index is 602. The van der Waals surface area contributed by atoms with Gasteiger partial charge in [0.1, 0.15) is 4.99 Å². The number of hydrogen-bond donors (Lipinski definition) is 2. The molecule has 0 aliphatic heterocycles. The van der Waals surface area contributed by atoms with E-state index in [0.29, 0.717) is 17.7 Å². The SMILES string of the molecule is COCC(CNS(=O)(=O)c1cc(C(N)=S)ccc1C)OC. The largest absolute Gasteiger partial charge is 0.389 e. The van der Waals surface area contributed by atoms with Crippen LogP contribution in [0.1, 0.15) is 11.1 Å². The van der Waals surface area contributed by atoms with Crippen molar-refractivity contribution in [3.8, 4) is 0 Å². The van der Waals surface area contributed by atoms with Crippen molar-refractivity contribution in [2.75, 3.05) is 27.4 Å². The maximum Gasteiger partial charge on any atom is 0.240 e. The minimum absolute atomic E-state index is 0.114. The van der Waals surface area contributed by atoms with E-state index in [1.807, 2.05) is 0 Å². The molecule has 118 valence electrons. The third-order valence-corrected chi connectivity index (χ3v) is 4.75. The van der Waals surface area contributed by atoms with Crippen LogP contribution in [0.5, 0.6) is 0 Å². The molecule has 0 amide bonds. The minimum Gasteiger partial charge on any atom is -0.389 e. The van der Waals surface area contributed by atoms with Crippen molar-refractivity contribution < 1.29 is 17.9 Å². The highest BCUT2D eigenvalue weighted by Crippen LogP contribution is 2.17. The predicted octanol–water partition coefficient (Wildman–Crippen LogP) is 0.569. The Morgan fingerprint density at radius 2 is 2.10 bits per heavy atom. The molecule has 1 rings (SSSR count). The fraction of sp³-hybridized carbons (Fsp3) is 0.462. The summed E-state index contributed by atoms with van der Waals surface area (Å²) in [6, 6.07) is 4.84. The lowest BCUT2D eigenvalue weighted by Crippen LogP contribution is -2.36. The summed E-state index contributed by atoms with van der Waals surface area (Å²) in [5.41, 5.74) is 6.66. The summed E-state index contributed by atoms with van der Waals surface area (Å²) < 4.78 is 37.3. The van der Waals surface area contributed by atoms with Gasteiger partial charge in [-0.05, 0) is 18.6 Å². The van der Waals surface area contributed by atoms with E-state index in [4.69, 9.17) is 27.4 Å². The van der Waals surface area contributed by atoms with Gasteiger partial charge in [-0.2, -0.15) is 0 Å². The Labute approximate surface area is 130 Å². The smallest absolute Gasteiger partial charge is 0.240 e. The Morgan fingerprint density at radius 1 is 1.43 bits per heavy atom. The van der Waals surface area contributed by atoms with Crippen LogP contribution in [-0.4, -0.2) is 46.9 Å². The van der Waals surface area contributed by atoms with Gasteiger partial charge >= 0.3 is 0 Å². The molecule has 0 aliphatic carbocycles. The molecule has 1 aromatic rings. The quantitative estimate of drug-likeness (QED) is 0.676. The van der Waals surface area contributed by atoms with Gasteiger partial charge in [0.05, 0.1) is 17.6 Å². The number of thiocarbonyl (C=S) groups is 1. The third kappa shape index (κ3) is 5.01. The van der Waals surface area contributed by atoms with E-state index in [0.717, 1.165) is 0 Å². The van der Waals surface area contributed by atoms with E-state index in [1.54, 1.807) is 19.1 Å². The van der Waals surface area contributed by atoms with Gasteiger partial charge in [-0.15, -0.1) is 0 Å². The van der Waals surface area contributed by atoms with Crippen molar-refractivity contribution in [1.29, 1.82) is 0 Å². The average molecular weight is 332 g/mol. The van der Waals surface area contributed by atoms with Gasteiger partial charge in [0.2, 0.25) is 10.0 Å². The highest BCUT2D eigenvalue weighted by Gasteiger charge is 2.19. The molecular formula is C13H20N2O4S2. The summed E-state index contributed by atoms with van der Waals surface area (Å²) in [5, 5.41) is 0. The van der Waals surface area contributed by atoms with Gasteiger partial charge in [-0.3, -0.25) is 0 Å². The molecular weight excluding hydrogens is 312 g/mol. The van der Waals surface area contributed by atoms with Crippen LogP contribution in [0.3, 0.4) is 0 Å². The van der Waals surface area contributed by atoms with Crippen LogP contribution < -0.4 is 10.5 Å². The van der Waals surface area contributed by atoms with E-state index >= 15 is 0 Å². The fourth-order valence-electron chi connectivity index (χ4n) is 1.72. The van der Waals surface area contributed by atoms with Gasteiger partial charge in [0.25, 0.3) is 0 Å². The standard InChI is InChI=1S/C13H20N2O4S2/c1-9-4-5-10(13(14)20)6-12(9)21(16,17)15-7-11(19-3)8-18-2/h4-6,11,15H,7-8H2,1-3H3,(H2,14,20). The van der Waals surface area contributed by atoms with E-state index < -0.39 is 10.0 Å². The molecule has 0 saturated carbocycles. The molecule has 1 aromatic carbocycles. The van der Waals surface area contributed by atoms with Crippen LogP contribution >= 0.6 is 12.2 Å². The molecule has 3 N–H and O–H groups in total. The number of benzene rings is 1. The van der Waals surface area contributed by atoms with Crippen LogP contribution in [-0.2, 0) is 19.5 Å². The molecule has 0 aromatic heterocycles. The summed E-state index contributed by atoms with van der Waals surface area (Å²) >= 11 is 4.87. The number of methoxy groups -OCH3 is 2. The first-order valence-electron chi connectivity index (χ1n) is 6.23. The van der Waals surface area contributed by atoms with Crippen molar-refractivity contribution >= 4 is 27.2 Å². The van der Waals surface area contributed by atoms with Gasteiger partial charge in [0, 0.05) is 26.3 Å². The number of aryl methyl sites for hydroxylation is 1. The summed E-state index contributed by atoms with van der Waals surface area (Å²) in [4.78, 5) is 0.306. The summed E-state index contributed by atoms with van der Waals surface area (Å²) in [6.07, 6.45) is -0.358. The molecule has 0 radical (unpaired) electrons. The fourth-order valence-corrected chi connectivity index (χ4v) is 3.18. The average Bonchev–Trinajstić information content (AvgIpc) is 2.43. The molecule has 0 fully saturated rings. The molecule has 0 saturated heterocycles. The Hall–Kier alpha value is -1.06. The summed E-state index contributed by atoms with van der Waals surface area (Å²) in [5.74, 6) is 0. The lowest BCUT2D eigenvalue weighted by atomic mass is 10.1. The van der Waals surface area contributed by atoms with Crippen molar-refractivity contribution in [2.24, 2.45) is 5.73 Å². The second-order valence-corrected chi connectivity index (χ2v) is 6.68. The lowest BCUT2D eigenvalue weighted by molar-refractivity contribution is 0.0320. The number of hydrogen-bond acceptors (Lipinski definition) is 5. The molecule has 8 heteroatoms. The molecule has 21 heavy (non-hydrogen) atoms. The van der Waals surface area contributed by atoms with Gasteiger partial charge < -0.3 is 15.2 Å². The molecule has 0 spiro atoms. The first-order chi connectivity index (χ1) is 9.81. The molecule has 1 atom stereocenters. The normalized spacial score (nSPS) is 13.1. The minimum atomic E-state index is -3.67. The molecule has 6 nitrogen and oxygen atoms in total. The van der Waals surface area contributed by atoms with Gasteiger partial charge in [0.15, 0.2) is 0 Å². The van der Waals surface area contributed by atoms with Crippen molar-refractivity contribution in [1.82, 2.24) is 4.72 Å². The van der Waals surface area contributed by atoms with E-state index in [9.17, 15) is 8.42 Å². The Balaban J connectivity index is 2.97. The highest BCUT2D eigenvalue weighted by atomic mass is 32.2. The summed E-state index contributed by atoms with van der Waals surface area (Å²) in [6.45, 7) is 2.12. The maximum absolute atomic E-state index is 12.4. The maximum atomic E-state index is 12.4. The molecule has 0 aliphatic rings. The predicted molar refractivity (Wildman–Crippen MR) is 84.9 cm³/mol. The lowest BCUT2D eigenvalue weighted by Gasteiger charge is -2.16. The summed E-state index contributed by atoms with van der Waals surface area (Å²) in [7, 11) is -0.650. The molecule has 0 heterocycles. The van der Waals surface area contributed by atoms with E-state index in [-0.39, 0.29) is 22.5 Å². The van der Waals surface area contributed by atoms with Crippen LogP contribution in [0.4, 0.5) is 0 Å². The van der Waals surface area contributed by atoms with Crippen molar-refractivity contribution in [3.05, 3.63) is 29.3 Å². The second kappa shape index (κ2) is 7.81. The second-order valence-electron chi connectivity index (χ2n) is 4.51. The van der Waals surface area contributed by atoms with Crippen molar-refractivity contribution in [2.45, 2.75) is 17.9 Å². The first-order valence-corrected chi connectivity index (χ1v) is 8.12. The monoisotopic (exact) mass is 332 g/mol. The topological polar surface area (TPSA) is 90.7 Å². The van der Waals surface area contributed by atoms with E-state index in [2.05, 4.69) is 4.72 Å². The van der Waals surface area contributed by atoms with E-state index in [1.165, 1.54) is 20.3 Å². The van der Waals surface area contributed by atoms with Crippen LogP contribution in [0.15, 0.2) is 23.1 Å². The van der Waals surface area contributed by atoms with Crippen molar-refractivity contribution in [3.63, 3.8) is 0 Å². The Kier molecular flexibility index (Phi) is 6.69. The first kappa shape index (κ1) is 18.0. The zero-order chi connectivity index (χ0) is 16.0. The zero-order valence-corrected chi connectivity index (χ0v) is 13.9. The van der Waals surface area contributed by atoms with Crippen LogP contribution in [0.25, 0.3) is 0 Å². The highest BCUT2D eigenvalue weighted by molar-refractivity contribution is 7.89. The van der Waals surface area contributed by atoms with Crippen LogP contribution in [0, 0.1) is 6.92 Å². The van der Waals surface area contributed by atoms with Gasteiger partial charge in [-0.25, -0.2) is 13.1 Å². The number of sulfonamides is 1. The number of nitrogens with two attached hydrogens (primary N) is 1. The number of rotatable bonds is 8. The molecule has 0 bridgehead atoms. The third-order valence-electron chi connectivity index (χ3n) is 2.95. The van der Waals surface area contributed by atoms with Crippen LogP contribution in [0.2, 0.25) is 0 Å². The van der Waals surface area contributed by atoms with Gasteiger partial charge in [-0.1, -0.05) is 24.4 Å². The number of ether oxygens (including phenoxy) is 2. The number of nitrogens with one attached hydrogen (secondary N) is 1. The molecule has 1 unspecified atom stereocenters. The Morgan fingerprint density at radius 3 is 2.62 bits per heavy atom. The zero-order valence-electron chi connectivity index (χ0n) is 12.3.